The van der Waals surface area contributed by atoms with Crippen molar-refractivity contribution in [2.45, 2.75) is 12.8 Å². The van der Waals surface area contributed by atoms with E-state index in [9.17, 15) is 9.90 Å². The number of phenolic OH excluding ortho intramolecular Hbond substituents is 1. The van der Waals surface area contributed by atoms with Gasteiger partial charge in [0, 0.05) is 12.2 Å². The lowest BCUT2D eigenvalue weighted by molar-refractivity contribution is -0.141. The summed E-state index contributed by atoms with van der Waals surface area (Å²) < 4.78 is 0. The first-order valence-electron chi connectivity index (χ1n) is 4.95. The molecular formula is C11H13NO3. The first kappa shape index (κ1) is 9.83. The number of aliphatic carboxylic acids is 1. The van der Waals surface area contributed by atoms with Crippen LogP contribution in [0.15, 0.2) is 18.2 Å². The van der Waals surface area contributed by atoms with Crippen molar-refractivity contribution in [2.75, 3.05) is 11.9 Å². The molecule has 0 amide bonds. The smallest absolute Gasteiger partial charge is 0.306 e. The molecule has 1 aliphatic rings. The van der Waals surface area contributed by atoms with Gasteiger partial charge in [-0.2, -0.15) is 0 Å². The quantitative estimate of drug-likeness (QED) is 0.609. The molecule has 1 aromatic rings. The summed E-state index contributed by atoms with van der Waals surface area (Å²) in [6.07, 6.45) is 1.09. The van der Waals surface area contributed by atoms with E-state index in [0.717, 1.165) is 11.3 Å². The van der Waals surface area contributed by atoms with E-state index in [0.29, 0.717) is 19.4 Å². The van der Waals surface area contributed by atoms with E-state index in [-0.39, 0.29) is 11.7 Å². The van der Waals surface area contributed by atoms with Crippen molar-refractivity contribution in [3.05, 3.63) is 23.8 Å². The minimum atomic E-state index is -0.770. The zero-order valence-corrected chi connectivity index (χ0v) is 8.23. The summed E-state index contributed by atoms with van der Waals surface area (Å²) in [6, 6.07) is 5.02. The molecule has 4 heteroatoms. The number of fused-ring (bicyclic) bond motifs is 1. The molecule has 1 aromatic carbocycles. The fraction of sp³-hybridized carbons (Fsp3) is 0.364. The molecule has 0 bridgehead atoms. The summed E-state index contributed by atoms with van der Waals surface area (Å²) in [5, 5.41) is 21.5. The molecular weight excluding hydrogens is 194 g/mol. The number of nitrogens with one attached hydrogen (secondary N) is 1. The molecule has 0 saturated carbocycles. The molecule has 0 radical (unpaired) electrons. The number of anilines is 1. The monoisotopic (exact) mass is 207 g/mol. The van der Waals surface area contributed by atoms with Crippen LogP contribution in [0.1, 0.15) is 12.0 Å². The average Bonchev–Trinajstić information content (AvgIpc) is 2.39. The zero-order valence-electron chi connectivity index (χ0n) is 8.23. The molecule has 2 rings (SSSR count). The van der Waals surface area contributed by atoms with Crippen LogP contribution >= 0.6 is 0 Å². The summed E-state index contributed by atoms with van der Waals surface area (Å²) >= 11 is 0. The van der Waals surface area contributed by atoms with E-state index in [4.69, 9.17) is 5.11 Å². The van der Waals surface area contributed by atoms with Crippen molar-refractivity contribution in [1.29, 1.82) is 0 Å². The van der Waals surface area contributed by atoms with Crippen molar-refractivity contribution in [2.24, 2.45) is 5.92 Å². The van der Waals surface area contributed by atoms with E-state index in [1.54, 1.807) is 18.2 Å². The molecule has 1 unspecified atom stereocenters. The van der Waals surface area contributed by atoms with Crippen molar-refractivity contribution in [3.63, 3.8) is 0 Å². The zero-order chi connectivity index (χ0) is 10.8. The largest absolute Gasteiger partial charge is 0.508 e. The number of carboxylic acids is 1. The van der Waals surface area contributed by atoms with Gasteiger partial charge in [-0.15, -0.1) is 0 Å². The summed E-state index contributed by atoms with van der Waals surface area (Å²) in [7, 11) is 0. The molecule has 1 atom stereocenters. The maximum atomic E-state index is 10.9. The molecule has 15 heavy (non-hydrogen) atoms. The standard InChI is InChI=1S/C11H13NO3/c13-9-1-2-10-8(6-9)5-7(11(14)15)3-4-12-10/h1-2,6-7,12-13H,3-5H2,(H,14,15). The Morgan fingerprint density at radius 1 is 1.47 bits per heavy atom. The van der Waals surface area contributed by atoms with Crippen molar-refractivity contribution >= 4 is 11.7 Å². The summed E-state index contributed by atoms with van der Waals surface area (Å²) in [6.45, 7) is 0.661. The topological polar surface area (TPSA) is 69.6 Å². The lowest BCUT2D eigenvalue weighted by Gasteiger charge is -2.08. The Morgan fingerprint density at radius 2 is 2.27 bits per heavy atom. The highest BCUT2D eigenvalue weighted by Gasteiger charge is 2.22. The second-order valence-electron chi connectivity index (χ2n) is 3.80. The highest BCUT2D eigenvalue weighted by atomic mass is 16.4. The summed E-state index contributed by atoms with van der Waals surface area (Å²) in [5.41, 5.74) is 1.80. The number of hydrogen-bond acceptors (Lipinski definition) is 3. The third-order valence-corrected chi connectivity index (χ3v) is 2.71. The van der Waals surface area contributed by atoms with Gasteiger partial charge in [0.1, 0.15) is 5.75 Å². The van der Waals surface area contributed by atoms with Crippen LogP contribution in [0.3, 0.4) is 0 Å². The molecule has 0 fully saturated rings. The Hall–Kier alpha value is -1.71. The molecule has 4 nitrogen and oxygen atoms in total. The van der Waals surface area contributed by atoms with Crippen LogP contribution < -0.4 is 5.32 Å². The van der Waals surface area contributed by atoms with Crippen LogP contribution in [0, 0.1) is 5.92 Å². The Labute approximate surface area is 87.6 Å². The lowest BCUT2D eigenvalue weighted by atomic mass is 9.97. The van der Waals surface area contributed by atoms with Crippen molar-refractivity contribution in [3.8, 4) is 5.75 Å². The molecule has 0 aliphatic carbocycles. The van der Waals surface area contributed by atoms with Gasteiger partial charge in [0.2, 0.25) is 0 Å². The fourth-order valence-corrected chi connectivity index (χ4v) is 1.88. The number of carbonyl (C=O) groups is 1. The van der Waals surface area contributed by atoms with Crippen LogP contribution in [0.5, 0.6) is 5.75 Å². The van der Waals surface area contributed by atoms with Gasteiger partial charge in [0.05, 0.1) is 5.92 Å². The van der Waals surface area contributed by atoms with Gasteiger partial charge in [-0.25, -0.2) is 0 Å². The first-order chi connectivity index (χ1) is 7.16. The average molecular weight is 207 g/mol. The normalized spacial score (nSPS) is 19.9. The number of aromatic hydroxyl groups is 1. The van der Waals surface area contributed by atoms with Gasteiger partial charge in [0.15, 0.2) is 0 Å². The highest BCUT2D eigenvalue weighted by molar-refractivity contribution is 5.71. The van der Waals surface area contributed by atoms with E-state index in [1.165, 1.54) is 0 Å². The fourth-order valence-electron chi connectivity index (χ4n) is 1.88. The van der Waals surface area contributed by atoms with Crippen LogP contribution in [-0.4, -0.2) is 22.7 Å². The first-order valence-corrected chi connectivity index (χ1v) is 4.95. The van der Waals surface area contributed by atoms with Crippen molar-refractivity contribution < 1.29 is 15.0 Å². The van der Waals surface area contributed by atoms with Gasteiger partial charge in [-0.05, 0) is 36.6 Å². The number of phenols is 1. The summed E-state index contributed by atoms with van der Waals surface area (Å²) in [4.78, 5) is 10.9. The van der Waals surface area contributed by atoms with Gasteiger partial charge < -0.3 is 15.5 Å². The number of rotatable bonds is 1. The van der Waals surface area contributed by atoms with Crippen molar-refractivity contribution in [1.82, 2.24) is 0 Å². The predicted molar refractivity (Wildman–Crippen MR) is 56.0 cm³/mol. The van der Waals surface area contributed by atoms with Crippen LogP contribution in [0.25, 0.3) is 0 Å². The maximum Gasteiger partial charge on any atom is 0.306 e. The number of benzene rings is 1. The highest BCUT2D eigenvalue weighted by Crippen LogP contribution is 2.27. The van der Waals surface area contributed by atoms with E-state index in [1.807, 2.05) is 0 Å². The van der Waals surface area contributed by atoms with Gasteiger partial charge in [-0.1, -0.05) is 0 Å². The van der Waals surface area contributed by atoms with Crippen LogP contribution in [0.4, 0.5) is 5.69 Å². The Morgan fingerprint density at radius 3 is 3.00 bits per heavy atom. The maximum absolute atomic E-state index is 10.9. The van der Waals surface area contributed by atoms with Crippen LogP contribution in [-0.2, 0) is 11.2 Å². The second-order valence-corrected chi connectivity index (χ2v) is 3.80. The van der Waals surface area contributed by atoms with E-state index < -0.39 is 5.97 Å². The third-order valence-electron chi connectivity index (χ3n) is 2.71. The third kappa shape index (κ3) is 2.03. The minimum absolute atomic E-state index is 0.182. The SMILES string of the molecule is O=C(O)C1CCNc2ccc(O)cc2C1. The molecule has 3 N–H and O–H groups in total. The second kappa shape index (κ2) is 3.81. The lowest BCUT2D eigenvalue weighted by Crippen LogP contribution is -2.16. The van der Waals surface area contributed by atoms with Gasteiger partial charge in [0.25, 0.3) is 0 Å². The number of carboxylic acid groups (broad SMARTS) is 1. The molecule has 0 saturated heterocycles. The molecule has 0 aromatic heterocycles. The molecule has 1 heterocycles. The van der Waals surface area contributed by atoms with Gasteiger partial charge >= 0.3 is 5.97 Å². The van der Waals surface area contributed by atoms with E-state index in [2.05, 4.69) is 5.32 Å². The minimum Gasteiger partial charge on any atom is -0.508 e. The Kier molecular flexibility index (Phi) is 2.49. The van der Waals surface area contributed by atoms with Crippen LogP contribution in [0.2, 0.25) is 0 Å². The molecule has 0 spiro atoms. The number of hydrogen-bond donors (Lipinski definition) is 3. The van der Waals surface area contributed by atoms with Gasteiger partial charge in [-0.3, -0.25) is 4.79 Å². The Balaban J connectivity index is 2.31. The summed E-state index contributed by atoms with van der Waals surface area (Å²) in [5.74, 6) is -0.949. The van der Waals surface area contributed by atoms with E-state index >= 15 is 0 Å². The Bertz CT molecular complexity index is 389. The predicted octanol–water partition coefficient (Wildman–Crippen LogP) is 1.45. The molecule has 80 valence electrons. The molecule has 1 aliphatic heterocycles.